The maximum absolute atomic E-state index is 4.42. The first-order chi connectivity index (χ1) is 8.08. The van der Waals surface area contributed by atoms with Crippen molar-refractivity contribution in [1.29, 1.82) is 0 Å². The summed E-state index contributed by atoms with van der Waals surface area (Å²) >= 11 is 0. The molecule has 1 aromatic heterocycles. The zero-order valence-electron chi connectivity index (χ0n) is 11.4. The zero-order valence-corrected chi connectivity index (χ0v) is 11.4. The molecule has 0 fully saturated rings. The minimum atomic E-state index is 0.629. The summed E-state index contributed by atoms with van der Waals surface area (Å²) in [5, 5.41) is 3.12. The maximum Gasteiger partial charge on any atom is 0.231 e. The molecule has 1 N–H and O–H groups in total. The van der Waals surface area contributed by atoms with Gasteiger partial charge >= 0.3 is 0 Å². The van der Waals surface area contributed by atoms with Crippen molar-refractivity contribution in [2.75, 3.05) is 49.3 Å². The third kappa shape index (κ3) is 3.72. The summed E-state index contributed by atoms with van der Waals surface area (Å²) in [6.07, 6.45) is 1.07. The predicted molar refractivity (Wildman–Crippen MR) is 71.9 cm³/mol. The van der Waals surface area contributed by atoms with Crippen LogP contribution in [0, 0.1) is 0 Å². The van der Waals surface area contributed by atoms with Crippen LogP contribution < -0.4 is 15.1 Å². The van der Waals surface area contributed by atoms with E-state index in [-0.39, 0.29) is 0 Å². The molecule has 0 aromatic carbocycles. The molecule has 0 aliphatic rings. The van der Waals surface area contributed by atoms with Crippen LogP contribution in [0.1, 0.15) is 20.3 Å². The molecule has 0 amide bonds. The lowest BCUT2D eigenvalue weighted by Crippen LogP contribution is -2.23. The van der Waals surface area contributed by atoms with Crippen LogP contribution >= 0.6 is 0 Å². The fraction of sp³-hybridized carbons (Fsp3) is 0.727. The van der Waals surface area contributed by atoms with Gasteiger partial charge in [0.15, 0.2) is 0 Å². The standard InChI is InChI=1S/C11H22N6/c1-6-8-17(5)11-14-9(12-7-2)13-10(15-11)16(3)4/h6-8H2,1-5H3,(H,12,13,14,15). The molecule has 6 nitrogen and oxygen atoms in total. The highest BCUT2D eigenvalue weighted by Crippen LogP contribution is 2.14. The fourth-order valence-corrected chi connectivity index (χ4v) is 1.40. The number of hydrogen-bond donors (Lipinski definition) is 1. The van der Waals surface area contributed by atoms with Gasteiger partial charge in [-0.25, -0.2) is 0 Å². The molecule has 0 unspecified atom stereocenters. The molecule has 0 radical (unpaired) electrons. The SMILES string of the molecule is CCCN(C)c1nc(NCC)nc(N(C)C)n1. The van der Waals surface area contributed by atoms with Crippen LogP contribution in [-0.2, 0) is 0 Å². The van der Waals surface area contributed by atoms with Gasteiger partial charge in [0.2, 0.25) is 17.8 Å². The first kappa shape index (κ1) is 13.5. The van der Waals surface area contributed by atoms with E-state index in [1.54, 1.807) is 0 Å². The lowest BCUT2D eigenvalue weighted by molar-refractivity contribution is 0.806. The first-order valence-electron chi connectivity index (χ1n) is 5.96. The molecular formula is C11H22N6. The van der Waals surface area contributed by atoms with E-state index in [0.29, 0.717) is 17.8 Å². The Labute approximate surface area is 103 Å². The van der Waals surface area contributed by atoms with Gasteiger partial charge in [-0.05, 0) is 13.3 Å². The van der Waals surface area contributed by atoms with Crippen LogP contribution in [0.15, 0.2) is 0 Å². The van der Waals surface area contributed by atoms with Gasteiger partial charge in [0, 0.05) is 34.2 Å². The van der Waals surface area contributed by atoms with Crippen molar-refractivity contribution in [3.8, 4) is 0 Å². The molecule has 0 aliphatic carbocycles. The molecule has 1 heterocycles. The van der Waals surface area contributed by atoms with E-state index in [9.17, 15) is 0 Å². The molecule has 0 spiro atoms. The second-order valence-electron chi connectivity index (χ2n) is 4.11. The number of anilines is 3. The summed E-state index contributed by atoms with van der Waals surface area (Å²) in [4.78, 5) is 17.1. The van der Waals surface area contributed by atoms with Gasteiger partial charge < -0.3 is 15.1 Å². The van der Waals surface area contributed by atoms with E-state index >= 15 is 0 Å². The lowest BCUT2D eigenvalue weighted by Gasteiger charge is -2.19. The minimum absolute atomic E-state index is 0.629. The number of aromatic nitrogens is 3. The van der Waals surface area contributed by atoms with Crippen molar-refractivity contribution >= 4 is 17.8 Å². The van der Waals surface area contributed by atoms with Crippen LogP contribution in [0.4, 0.5) is 17.8 Å². The Kier molecular flexibility index (Phi) is 4.93. The van der Waals surface area contributed by atoms with Gasteiger partial charge in [-0.2, -0.15) is 15.0 Å². The molecule has 0 saturated heterocycles. The third-order valence-corrected chi connectivity index (χ3v) is 2.25. The monoisotopic (exact) mass is 238 g/mol. The van der Waals surface area contributed by atoms with Gasteiger partial charge in [0.1, 0.15) is 0 Å². The fourth-order valence-electron chi connectivity index (χ4n) is 1.40. The normalized spacial score (nSPS) is 10.2. The average molecular weight is 238 g/mol. The summed E-state index contributed by atoms with van der Waals surface area (Å²) in [6, 6.07) is 0. The molecule has 17 heavy (non-hydrogen) atoms. The second-order valence-corrected chi connectivity index (χ2v) is 4.11. The Bertz CT molecular complexity index is 352. The molecule has 0 aliphatic heterocycles. The highest BCUT2D eigenvalue weighted by atomic mass is 15.3. The molecule has 6 heteroatoms. The van der Waals surface area contributed by atoms with Gasteiger partial charge in [-0.3, -0.25) is 0 Å². The van der Waals surface area contributed by atoms with Crippen molar-refractivity contribution in [2.45, 2.75) is 20.3 Å². The van der Waals surface area contributed by atoms with Crippen molar-refractivity contribution < 1.29 is 0 Å². The van der Waals surface area contributed by atoms with Gasteiger partial charge in [-0.1, -0.05) is 6.92 Å². The van der Waals surface area contributed by atoms with Gasteiger partial charge in [-0.15, -0.1) is 0 Å². The molecule has 0 atom stereocenters. The molecule has 0 saturated carbocycles. The van der Waals surface area contributed by atoms with Crippen molar-refractivity contribution in [3.05, 3.63) is 0 Å². The largest absolute Gasteiger partial charge is 0.354 e. The van der Waals surface area contributed by atoms with Crippen molar-refractivity contribution in [1.82, 2.24) is 15.0 Å². The molecule has 0 bridgehead atoms. The Morgan fingerprint density at radius 3 is 2.18 bits per heavy atom. The Hall–Kier alpha value is -1.59. The number of hydrogen-bond acceptors (Lipinski definition) is 6. The average Bonchev–Trinajstić information content (AvgIpc) is 2.29. The third-order valence-electron chi connectivity index (χ3n) is 2.25. The molecule has 96 valence electrons. The maximum atomic E-state index is 4.42. The van der Waals surface area contributed by atoms with Crippen LogP contribution in [0.25, 0.3) is 0 Å². The van der Waals surface area contributed by atoms with Crippen LogP contribution in [-0.4, -0.2) is 49.2 Å². The predicted octanol–water partition coefficient (Wildman–Crippen LogP) is 1.22. The summed E-state index contributed by atoms with van der Waals surface area (Å²) in [6.45, 7) is 5.89. The zero-order chi connectivity index (χ0) is 12.8. The van der Waals surface area contributed by atoms with Crippen LogP contribution in [0.3, 0.4) is 0 Å². The van der Waals surface area contributed by atoms with Crippen LogP contribution in [0.2, 0.25) is 0 Å². The summed E-state index contributed by atoms with van der Waals surface area (Å²) in [7, 11) is 5.84. The van der Waals surface area contributed by atoms with E-state index in [1.807, 2.05) is 37.9 Å². The van der Waals surface area contributed by atoms with E-state index in [2.05, 4.69) is 27.2 Å². The first-order valence-corrected chi connectivity index (χ1v) is 5.96. The van der Waals surface area contributed by atoms with Crippen molar-refractivity contribution in [2.24, 2.45) is 0 Å². The summed E-state index contributed by atoms with van der Waals surface area (Å²) in [5.41, 5.74) is 0. The number of nitrogens with one attached hydrogen (secondary N) is 1. The minimum Gasteiger partial charge on any atom is -0.354 e. The van der Waals surface area contributed by atoms with E-state index in [1.165, 1.54) is 0 Å². The summed E-state index contributed by atoms with van der Waals surface area (Å²) < 4.78 is 0. The van der Waals surface area contributed by atoms with E-state index < -0.39 is 0 Å². The summed E-state index contributed by atoms with van der Waals surface area (Å²) in [5.74, 6) is 2.01. The van der Waals surface area contributed by atoms with E-state index in [4.69, 9.17) is 0 Å². The molecule has 1 rings (SSSR count). The topological polar surface area (TPSA) is 57.2 Å². The number of rotatable bonds is 6. The highest BCUT2D eigenvalue weighted by Gasteiger charge is 2.10. The van der Waals surface area contributed by atoms with E-state index in [0.717, 1.165) is 19.5 Å². The Balaban J connectivity index is 3.02. The smallest absolute Gasteiger partial charge is 0.231 e. The van der Waals surface area contributed by atoms with Gasteiger partial charge in [0.05, 0.1) is 0 Å². The van der Waals surface area contributed by atoms with Gasteiger partial charge in [0.25, 0.3) is 0 Å². The molecular weight excluding hydrogens is 216 g/mol. The highest BCUT2D eigenvalue weighted by molar-refractivity contribution is 5.43. The quantitative estimate of drug-likeness (QED) is 0.804. The lowest BCUT2D eigenvalue weighted by atomic mass is 10.4. The van der Waals surface area contributed by atoms with Crippen molar-refractivity contribution in [3.63, 3.8) is 0 Å². The Morgan fingerprint density at radius 2 is 1.65 bits per heavy atom. The second kappa shape index (κ2) is 6.22. The van der Waals surface area contributed by atoms with Crippen LogP contribution in [0.5, 0.6) is 0 Å². The Morgan fingerprint density at radius 1 is 1.00 bits per heavy atom. The number of nitrogens with zero attached hydrogens (tertiary/aromatic N) is 5. The molecule has 1 aromatic rings.